The summed E-state index contributed by atoms with van der Waals surface area (Å²) in [5.74, 6) is -1.35. The minimum atomic E-state index is -1.01. The molecule has 0 heterocycles. The molecule has 0 bridgehead atoms. The standard InChI is InChI=1S/C18H18ClNO4/c1-24-16-8-6-15(7-9-16)20-18(23)13(11-17(21)22)10-12-2-4-14(19)5-3-12/h2-9,13H,10-11H2,1H3,(H,20,23)(H,21,22)/t13-/m1/s1. The summed E-state index contributed by atoms with van der Waals surface area (Å²) in [6.45, 7) is 0. The Hall–Kier alpha value is -2.53. The lowest BCUT2D eigenvalue weighted by atomic mass is 9.95. The van der Waals surface area contributed by atoms with Gasteiger partial charge >= 0.3 is 5.97 Å². The Bertz CT molecular complexity index is 698. The van der Waals surface area contributed by atoms with Gasteiger partial charge in [-0.15, -0.1) is 0 Å². The van der Waals surface area contributed by atoms with E-state index >= 15 is 0 Å². The Morgan fingerprint density at radius 3 is 2.29 bits per heavy atom. The molecule has 2 rings (SSSR count). The first-order valence-corrected chi connectivity index (χ1v) is 7.77. The highest BCUT2D eigenvalue weighted by Gasteiger charge is 2.22. The van der Waals surface area contributed by atoms with E-state index in [9.17, 15) is 9.59 Å². The van der Waals surface area contributed by atoms with Crippen LogP contribution in [-0.2, 0) is 16.0 Å². The summed E-state index contributed by atoms with van der Waals surface area (Å²) in [6, 6.07) is 13.9. The van der Waals surface area contributed by atoms with Gasteiger partial charge in [0, 0.05) is 10.7 Å². The van der Waals surface area contributed by atoms with Crippen molar-refractivity contribution in [1.29, 1.82) is 0 Å². The molecule has 5 nitrogen and oxygen atoms in total. The maximum Gasteiger partial charge on any atom is 0.304 e. The Balaban J connectivity index is 2.08. The van der Waals surface area contributed by atoms with Gasteiger partial charge < -0.3 is 15.2 Å². The number of hydrogen-bond donors (Lipinski definition) is 2. The van der Waals surface area contributed by atoms with Gasteiger partial charge in [0.15, 0.2) is 0 Å². The second kappa shape index (κ2) is 8.36. The molecule has 1 atom stereocenters. The molecular weight excluding hydrogens is 330 g/mol. The number of carbonyl (C=O) groups is 2. The fourth-order valence-corrected chi connectivity index (χ4v) is 2.42. The van der Waals surface area contributed by atoms with Crippen LogP contribution in [0.2, 0.25) is 5.02 Å². The van der Waals surface area contributed by atoms with Gasteiger partial charge in [-0.1, -0.05) is 23.7 Å². The lowest BCUT2D eigenvalue weighted by Crippen LogP contribution is -2.27. The third kappa shape index (κ3) is 5.28. The van der Waals surface area contributed by atoms with Crippen LogP contribution < -0.4 is 10.1 Å². The van der Waals surface area contributed by atoms with Crippen LogP contribution in [0.3, 0.4) is 0 Å². The van der Waals surface area contributed by atoms with Crippen molar-refractivity contribution in [2.24, 2.45) is 5.92 Å². The van der Waals surface area contributed by atoms with Crippen molar-refractivity contribution in [1.82, 2.24) is 0 Å². The van der Waals surface area contributed by atoms with Crippen LogP contribution in [0.15, 0.2) is 48.5 Å². The van der Waals surface area contributed by atoms with Gasteiger partial charge in [-0.3, -0.25) is 9.59 Å². The van der Waals surface area contributed by atoms with Crippen LogP contribution in [0.1, 0.15) is 12.0 Å². The number of methoxy groups -OCH3 is 1. The molecule has 126 valence electrons. The number of carbonyl (C=O) groups excluding carboxylic acids is 1. The molecule has 0 fully saturated rings. The highest BCUT2D eigenvalue weighted by Crippen LogP contribution is 2.19. The normalized spacial score (nSPS) is 11.6. The van der Waals surface area contributed by atoms with Gasteiger partial charge in [0.25, 0.3) is 0 Å². The molecular formula is C18H18ClNO4. The molecule has 2 aromatic rings. The number of aliphatic carboxylic acids is 1. The van der Waals surface area contributed by atoms with Crippen molar-refractivity contribution in [2.45, 2.75) is 12.8 Å². The predicted octanol–water partition coefficient (Wildman–Crippen LogP) is 3.62. The predicted molar refractivity (Wildman–Crippen MR) is 92.5 cm³/mol. The molecule has 2 N–H and O–H groups in total. The zero-order chi connectivity index (χ0) is 17.5. The SMILES string of the molecule is COc1ccc(NC(=O)[C@@H](CC(=O)O)Cc2ccc(Cl)cc2)cc1. The number of nitrogens with one attached hydrogen (secondary N) is 1. The topological polar surface area (TPSA) is 75.6 Å². The summed E-state index contributed by atoms with van der Waals surface area (Å²) < 4.78 is 5.06. The molecule has 0 aliphatic heterocycles. The first-order chi connectivity index (χ1) is 11.5. The minimum Gasteiger partial charge on any atom is -0.497 e. The average Bonchev–Trinajstić information content (AvgIpc) is 2.56. The van der Waals surface area contributed by atoms with Crippen LogP contribution in [0.4, 0.5) is 5.69 Å². The summed E-state index contributed by atoms with van der Waals surface area (Å²) in [5, 5.41) is 12.4. The highest BCUT2D eigenvalue weighted by atomic mass is 35.5. The van der Waals surface area contributed by atoms with E-state index in [1.54, 1.807) is 55.6 Å². The first-order valence-electron chi connectivity index (χ1n) is 7.39. The molecule has 6 heteroatoms. The molecule has 24 heavy (non-hydrogen) atoms. The fraction of sp³-hybridized carbons (Fsp3) is 0.222. The number of ether oxygens (including phenoxy) is 1. The quantitative estimate of drug-likeness (QED) is 0.802. The number of amides is 1. The second-order valence-electron chi connectivity index (χ2n) is 5.34. The Labute approximate surface area is 145 Å². The van der Waals surface area contributed by atoms with Crippen LogP contribution in [-0.4, -0.2) is 24.1 Å². The van der Waals surface area contributed by atoms with Gasteiger partial charge in [-0.2, -0.15) is 0 Å². The molecule has 0 spiro atoms. The molecule has 2 aromatic carbocycles. The van der Waals surface area contributed by atoms with Crippen LogP contribution in [0, 0.1) is 5.92 Å². The van der Waals surface area contributed by atoms with Crippen LogP contribution in [0.5, 0.6) is 5.75 Å². The number of hydrogen-bond acceptors (Lipinski definition) is 3. The number of halogens is 1. The fourth-order valence-electron chi connectivity index (χ4n) is 2.29. The Morgan fingerprint density at radius 2 is 1.75 bits per heavy atom. The van der Waals surface area contributed by atoms with Gasteiger partial charge in [0.2, 0.25) is 5.91 Å². The Kier molecular flexibility index (Phi) is 6.21. The number of benzene rings is 2. The summed E-state index contributed by atoms with van der Waals surface area (Å²) >= 11 is 5.84. The van der Waals surface area contributed by atoms with E-state index in [1.165, 1.54) is 0 Å². The molecule has 0 saturated carbocycles. The lowest BCUT2D eigenvalue weighted by molar-refractivity contribution is -0.140. The highest BCUT2D eigenvalue weighted by molar-refractivity contribution is 6.30. The summed E-state index contributed by atoms with van der Waals surface area (Å²) in [7, 11) is 1.56. The van der Waals surface area contributed by atoms with E-state index < -0.39 is 11.9 Å². The second-order valence-corrected chi connectivity index (χ2v) is 5.78. The number of carboxylic acid groups (broad SMARTS) is 1. The zero-order valence-electron chi connectivity index (χ0n) is 13.2. The largest absolute Gasteiger partial charge is 0.497 e. The number of anilines is 1. The number of carboxylic acids is 1. The average molecular weight is 348 g/mol. The zero-order valence-corrected chi connectivity index (χ0v) is 13.9. The lowest BCUT2D eigenvalue weighted by Gasteiger charge is -2.15. The van der Waals surface area contributed by atoms with E-state index in [2.05, 4.69) is 5.32 Å². The van der Waals surface area contributed by atoms with Gasteiger partial charge in [-0.05, 0) is 48.4 Å². The maximum absolute atomic E-state index is 12.4. The van der Waals surface area contributed by atoms with Crippen molar-refractivity contribution >= 4 is 29.2 Å². The van der Waals surface area contributed by atoms with E-state index in [0.717, 1.165) is 5.56 Å². The van der Waals surface area contributed by atoms with Crippen molar-refractivity contribution in [3.05, 3.63) is 59.1 Å². The minimum absolute atomic E-state index is 0.245. The molecule has 1 amide bonds. The molecule has 0 radical (unpaired) electrons. The molecule has 0 saturated heterocycles. The van der Waals surface area contributed by atoms with Crippen LogP contribution in [0.25, 0.3) is 0 Å². The number of rotatable bonds is 7. The molecule has 0 aromatic heterocycles. The van der Waals surface area contributed by atoms with E-state index in [4.69, 9.17) is 21.4 Å². The van der Waals surface area contributed by atoms with Gasteiger partial charge in [0.05, 0.1) is 19.4 Å². The van der Waals surface area contributed by atoms with Crippen molar-refractivity contribution in [2.75, 3.05) is 12.4 Å². The van der Waals surface area contributed by atoms with Crippen molar-refractivity contribution < 1.29 is 19.4 Å². The molecule has 0 aliphatic rings. The third-order valence-electron chi connectivity index (χ3n) is 3.54. The third-order valence-corrected chi connectivity index (χ3v) is 3.80. The van der Waals surface area contributed by atoms with E-state index in [1.807, 2.05) is 0 Å². The summed E-state index contributed by atoms with van der Waals surface area (Å²) in [5.41, 5.74) is 1.45. The molecule has 0 unspecified atom stereocenters. The van der Waals surface area contributed by atoms with Crippen LogP contribution >= 0.6 is 11.6 Å². The van der Waals surface area contributed by atoms with Crippen molar-refractivity contribution in [3.63, 3.8) is 0 Å². The van der Waals surface area contributed by atoms with Gasteiger partial charge in [-0.25, -0.2) is 0 Å². The maximum atomic E-state index is 12.4. The van der Waals surface area contributed by atoms with E-state index in [0.29, 0.717) is 22.9 Å². The molecule has 0 aliphatic carbocycles. The van der Waals surface area contributed by atoms with Crippen molar-refractivity contribution in [3.8, 4) is 5.75 Å². The first kappa shape index (κ1) is 17.8. The van der Waals surface area contributed by atoms with E-state index in [-0.39, 0.29) is 12.3 Å². The summed E-state index contributed by atoms with van der Waals surface area (Å²) in [4.78, 5) is 23.5. The monoisotopic (exact) mass is 347 g/mol. The smallest absolute Gasteiger partial charge is 0.304 e. The summed E-state index contributed by atoms with van der Waals surface area (Å²) in [6.07, 6.45) is 0.0794. The Morgan fingerprint density at radius 1 is 1.12 bits per heavy atom. The van der Waals surface area contributed by atoms with Gasteiger partial charge in [0.1, 0.15) is 5.75 Å².